The first kappa shape index (κ1) is 26.0. The smallest absolute Gasteiger partial charge is 0.326 e. The molecule has 0 saturated heterocycles. The fourth-order valence-electron chi connectivity index (χ4n) is 2.88. The first-order valence-electron chi connectivity index (χ1n) is 10.1. The highest BCUT2D eigenvalue weighted by atomic mass is 16.4. The minimum Gasteiger partial charge on any atom is -0.481 e. The van der Waals surface area contributed by atoms with Gasteiger partial charge in [0.1, 0.15) is 18.1 Å². The van der Waals surface area contributed by atoms with E-state index >= 15 is 0 Å². The number of rotatable bonds is 13. The van der Waals surface area contributed by atoms with Gasteiger partial charge in [0.2, 0.25) is 17.7 Å². The number of hydrogen-bond donors (Lipinski definition) is 8. The summed E-state index contributed by atoms with van der Waals surface area (Å²) in [4.78, 5) is 73.0. The standard InChI is InChI=1S/C19H26N8O7/c1-9(16(30)27-14(19(33)34)3-11-6-22-8-24-11)25-18(32)13(2-10-5-21-7-23-10)26-17(31)12(20)4-15(28)29/h5-9,12-14H,2-4,20H2,1H3,(H,21,23)(H,22,24)(H,25,32)(H,26,31)(H,27,30)(H,28,29)(H,33,34). The van der Waals surface area contributed by atoms with Crippen molar-refractivity contribution in [1.82, 2.24) is 35.9 Å². The minimum absolute atomic E-state index is 0.0523. The molecule has 0 radical (unpaired) electrons. The predicted octanol–water partition coefficient (Wildman–Crippen LogP) is -2.72. The van der Waals surface area contributed by atoms with Gasteiger partial charge >= 0.3 is 11.9 Å². The molecule has 0 spiro atoms. The fraction of sp³-hybridized carbons (Fsp3) is 0.421. The van der Waals surface area contributed by atoms with E-state index in [4.69, 9.17) is 10.8 Å². The highest BCUT2D eigenvalue weighted by Gasteiger charge is 2.29. The highest BCUT2D eigenvalue weighted by molar-refractivity contribution is 5.94. The van der Waals surface area contributed by atoms with Crippen molar-refractivity contribution in [2.45, 2.75) is 50.4 Å². The van der Waals surface area contributed by atoms with Crippen LogP contribution in [0.15, 0.2) is 25.0 Å². The maximum Gasteiger partial charge on any atom is 0.326 e. The molecule has 2 heterocycles. The van der Waals surface area contributed by atoms with E-state index in [-0.39, 0.29) is 12.8 Å². The van der Waals surface area contributed by atoms with E-state index in [1.807, 2.05) is 0 Å². The average molecular weight is 478 g/mol. The second-order valence-corrected chi connectivity index (χ2v) is 7.46. The zero-order chi connectivity index (χ0) is 25.3. The Balaban J connectivity index is 2.03. The molecule has 0 fully saturated rings. The molecule has 15 nitrogen and oxygen atoms in total. The molecule has 0 bridgehead atoms. The Hall–Kier alpha value is -4.27. The van der Waals surface area contributed by atoms with Crippen LogP contribution in [-0.2, 0) is 36.8 Å². The van der Waals surface area contributed by atoms with Gasteiger partial charge in [0.15, 0.2) is 0 Å². The largest absolute Gasteiger partial charge is 0.481 e. The summed E-state index contributed by atoms with van der Waals surface area (Å²) in [6.07, 6.45) is 4.83. The number of carbonyl (C=O) groups excluding carboxylic acids is 3. The number of hydrogen-bond acceptors (Lipinski definition) is 8. The van der Waals surface area contributed by atoms with Crippen molar-refractivity contribution in [2.24, 2.45) is 5.73 Å². The van der Waals surface area contributed by atoms with Gasteiger partial charge in [-0.15, -0.1) is 0 Å². The van der Waals surface area contributed by atoms with Gasteiger partial charge in [-0.25, -0.2) is 14.8 Å². The third kappa shape index (κ3) is 8.01. The molecule has 9 N–H and O–H groups in total. The summed E-state index contributed by atoms with van der Waals surface area (Å²) in [5, 5.41) is 25.3. The van der Waals surface area contributed by atoms with Gasteiger partial charge in [0.05, 0.1) is 25.1 Å². The summed E-state index contributed by atoms with van der Waals surface area (Å²) in [7, 11) is 0. The number of imidazole rings is 2. The molecule has 184 valence electrons. The Bertz CT molecular complexity index is 992. The average Bonchev–Trinajstić information content (AvgIpc) is 3.46. The quantitative estimate of drug-likeness (QED) is 0.148. The first-order valence-corrected chi connectivity index (χ1v) is 10.1. The van der Waals surface area contributed by atoms with Crippen LogP contribution >= 0.6 is 0 Å². The van der Waals surface area contributed by atoms with Crippen LogP contribution in [0.25, 0.3) is 0 Å². The molecule has 2 rings (SSSR count). The minimum atomic E-state index is -1.39. The van der Waals surface area contributed by atoms with Crippen molar-refractivity contribution >= 4 is 29.7 Å². The number of amides is 3. The van der Waals surface area contributed by atoms with E-state index in [1.54, 1.807) is 0 Å². The van der Waals surface area contributed by atoms with Crippen LogP contribution in [0.2, 0.25) is 0 Å². The molecule has 0 saturated carbocycles. The summed E-state index contributed by atoms with van der Waals surface area (Å²) in [6.45, 7) is 1.34. The van der Waals surface area contributed by atoms with E-state index < -0.39 is 60.2 Å². The lowest BCUT2D eigenvalue weighted by molar-refractivity contribution is -0.142. The molecule has 3 amide bonds. The zero-order valence-corrected chi connectivity index (χ0v) is 18.1. The van der Waals surface area contributed by atoms with Gasteiger partial charge in [0.25, 0.3) is 0 Å². The molecule has 2 aromatic heterocycles. The van der Waals surface area contributed by atoms with E-state index in [1.165, 1.54) is 32.0 Å². The van der Waals surface area contributed by atoms with Crippen molar-refractivity contribution in [3.05, 3.63) is 36.4 Å². The number of nitrogens with zero attached hydrogens (tertiary/aromatic N) is 2. The molecule has 2 aromatic rings. The van der Waals surface area contributed by atoms with Crippen LogP contribution in [0.4, 0.5) is 0 Å². The summed E-state index contributed by atoms with van der Waals surface area (Å²) in [6, 6.07) is -5.05. The Morgan fingerprint density at radius 3 is 1.88 bits per heavy atom. The Labute approximate surface area is 192 Å². The Morgan fingerprint density at radius 2 is 1.41 bits per heavy atom. The van der Waals surface area contributed by atoms with E-state index in [0.29, 0.717) is 11.4 Å². The lowest BCUT2D eigenvalue weighted by Crippen LogP contribution is -2.57. The number of nitrogens with two attached hydrogens (primary N) is 1. The number of aliphatic carboxylic acids is 2. The van der Waals surface area contributed by atoms with Crippen molar-refractivity contribution in [1.29, 1.82) is 0 Å². The van der Waals surface area contributed by atoms with Crippen LogP contribution in [0.3, 0.4) is 0 Å². The van der Waals surface area contributed by atoms with Crippen molar-refractivity contribution in [3.63, 3.8) is 0 Å². The van der Waals surface area contributed by atoms with Crippen LogP contribution in [0, 0.1) is 0 Å². The van der Waals surface area contributed by atoms with Crippen LogP contribution < -0.4 is 21.7 Å². The van der Waals surface area contributed by atoms with Gasteiger partial charge in [-0.05, 0) is 6.92 Å². The summed E-state index contributed by atoms with van der Waals surface area (Å²) >= 11 is 0. The molecular weight excluding hydrogens is 452 g/mol. The Morgan fingerprint density at radius 1 is 0.882 bits per heavy atom. The number of nitrogens with one attached hydrogen (secondary N) is 5. The highest BCUT2D eigenvalue weighted by Crippen LogP contribution is 2.03. The van der Waals surface area contributed by atoms with Crippen molar-refractivity contribution in [2.75, 3.05) is 0 Å². The molecule has 0 aromatic carbocycles. The molecule has 34 heavy (non-hydrogen) atoms. The van der Waals surface area contributed by atoms with Crippen LogP contribution in [0.5, 0.6) is 0 Å². The molecule has 4 unspecified atom stereocenters. The molecular formula is C19H26N8O7. The number of carboxylic acids is 2. The van der Waals surface area contributed by atoms with E-state index in [2.05, 4.69) is 35.9 Å². The number of H-pyrrole nitrogens is 2. The zero-order valence-electron chi connectivity index (χ0n) is 18.1. The summed E-state index contributed by atoms with van der Waals surface area (Å²) < 4.78 is 0. The number of aromatic amines is 2. The van der Waals surface area contributed by atoms with Crippen LogP contribution in [-0.4, -0.2) is 84.0 Å². The lowest BCUT2D eigenvalue weighted by Gasteiger charge is -2.23. The lowest BCUT2D eigenvalue weighted by atomic mass is 10.1. The SMILES string of the molecule is CC(NC(=O)C(Cc1cnc[nH]1)NC(=O)C(N)CC(=O)O)C(=O)NC(Cc1cnc[nH]1)C(=O)O. The predicted molar refractivity (Wildman–Crippen MR) is 114 cm³/mol. The molecule has 0 aliphatic carbocycles. The van der Waals surface area contributed by atoms with Gasteiger partial charge in [0, 0.05) is 36.6 Å². The van der Waals surface area contributed by atoms with Gasteiger partial charge in [-0.3, -0.25) is 19.2 Å². The van der Waals surface area contributed by atoms with Gasteiger partial charge in [-0.2, -0.15) is 0 Å². The summed E-state index contributed by atoms with van der Waals surface area (Å²) in [5.41, 5.74) is 6.53. The summed E-state index contributed by atoms with van der Waals surface area (Å²) in [5.74, 6) is -4.98. The van der Waals surface area contributed by atoms with E-state index in [0.717, 1.165) is 0 Å². The number of carboxylic acid groups (broad SMARTS) is 2. The maximum absolute atomic E-state index is 12.8. The molecule has 0 aliphatic rings. The third-order valence-corrected chi connectivity index (χ3v) is 4.69. The van der Waals surface area contributed by atoms with Crippen molar-refractivity contribution < 1.29 is 34.2 Å². The molecule has 15 heteroatoms. The first-order chi connectivity index (χ1) is 16.1. The maximum atomic E-state index is 12.8. The Kier molecular flexibility index (Phi) is 9.25. The topological polar surface area (TPSA) is 245 Å². The second-order valence-electron chi connectivity index (χ2n) is 7.46. The van der Waals surface area contributed by atoms with Crippen molar-refractivity contribution in [3.8, 4) is 0 Å². The van der Waals surface area contributed by atoms with Crippen LogP contribution in [0.1, 0.15) is 24.7 Å². The van der Waals surface area contributed by atoms with Gasteiger partial charge in [-0.1, -0.05) is 0 Å². The number of aromatic nitrogens is 4. The normalized spacial score (nSPS) is 14.3. The number of carbonyl (C=O) groups is 5. The second kappa shape index (κ2) is 12.1. The molecule has 4 atom stereocenters. The van der Waals surface area contributed by atoms with E-state index in [9.17, 15) is 29.1 Å². The molecule has 0 aliphatic heterocycles. The fourth-order valence-corrected chi connectivity index (χ4v) is 2.88. The van der Waals surface area contributed by atoms with Gasteiger partial charge < -0.3 is 41.9 Å². The third-order valence-electron chi connectivity index (χ3n) is 4.69. The monoisotopic (exact) mass is 478 g/mol.